The summed E-state index contributed by atoms with van der Waals surface area (Å²) in [5.41, 5.74) is 8.04. The second kappa shape index (κ2) is 16.2. The minimum Gasteiger partial charge on any atom is -0.482 e. The molecule has 3 rings (SSSR count). The van der Waals surface area contributed by atoms with Crippen LogP contribution in [-0.4, -0.2) is 51.8 Å². The Kier molecular flexibility index (Phi) is 13.0. The summed E-state index contributed by atoms with van der Waals surface area (Å²) < 4.78 is 37.4. The first kappa shape index (κ1) is 32.2. The van der Waals surface area contributed by atoms with Crippen molar-refractivity contribution < 1.29 is 37.8 Å². The quantitative estimate of drug-likeness (QED) is 0.149. The SMILES string of the molecule is NCCCCN(Cc1ccccc1)CC(O)c1ccc(OCc2ccccc2)c([N+](=O)[O-])c1.O=C(O)C(F)(F)F. The maximum Gasteiger partial charge on any atom is 0.490 e. The summed E-state index contributed by atoms with van der Waals surface area (Å²) in [6, 6.07) is 24.2. The molecule has 0 saturated carbocycles. The molecule has 40 heavy (non-hydrogen) atoms. The van der Waals surface area contributed by atoms with Crippen molar-refractivity contribution in [3.8, 4) is 5.75 Å². The van der Waals surface area contributed by atoms with Crippen LogP contribution in [0.4, 0.5) is 18.9 Å². The molecule has 1 atom stereocenters. The van der Waals surface area contributed by atoms with E-state index >= 15 is 0 Å². The summed E-state index contributed by atoms with van der Waals surface area (Å²) in [6.45, 7) is 2.68. The van der Waals surface area contributed by atoms with Crippen LogP contribution in [0.5, 0.6) is 5.75 Å². The molecule has 3 aromatic carbocycles. The number of unbranched alkanes of at least 4 members (excludes halogenated alkanes) is 1. The number of carboxylic acids is 1. The number of aliphatic hydroxyl groups is 1. The van der Waals surface area contributed by atoms with Crippen LogP contribution in [0.3, 0.4) is 0 Å². The Morgan fingerprint density at radius 3 is 2.10 bits per heavy atom. The standard InChI is InChI=1S/C26H31N3O4.C2HF3O2/c27-15-7-8-16-28(18-21-9-3-1-4-10-21)19-25(30)23-13-14-26(24(17-23)29(31)32)33-20-22-11-5-2-6-12-22;3-2(4,5)1(6)7/h1-6,9-14,17,25,30H,7-8,15-16,18-20,27H2;(H,6,7). The van der Waals surface area contributed by atoms with Crippen LogP contribution in [0.25, 0.3) is 0 Å². The molecule has 0 aliphatic heterocycles. The van der Waals surface area contributed by atoms with Gasteiger partial charge in [0.25, 0.3) is 0 Å². The largest absolute Gasteiger partial charge is 0.490 e. The highest BCUT2D eigenvalue weighted by Gasteiger charge is 2.38. The van der Waals surface area contributed by atoms with Gasteiger partial charge < -0.3 is 20.7 Å². The first-order valence-electron chi connectivity index (χ1n) is 12.4. The number of halogens is 3. The molecule has 1 unspecified atom stereocenters. The molecular weight excluding hydrogens is 531 g/mol. The average molecular weight is 564 g/mol. The van der Waals surface area contributed by atoms with Crippen molar-refractivity contribution in [3.63, 3.8) is 0 Å². The van der Waals surface area contributed by atoms with E-state index in [2.05, 4.69) is 4.90 Å². The molecule has 0 heterocycles. The van der Waals surface area contributed by atoms with Crippen LogP contribution in [0.1, 0.15) is 35.6 Å². The molecule has 0 amide bonds. The number of aliphatic hydroxyl groups excluding tert-OH is 1. The Balaban J connectivity index is 0.000000708. The lowest BCUT2D eigenvalue weighted by atomic mass is 10.1. The molecule has 0 aliphatic carbocycles. The van der Waals surface area contributed by atoms with Crippen molar-refractivity contribution in [2.45, 2.75) is 38.3 Å². The van der Waals surface area contributed by atoms with Gasteiger partial charge in [0.05, 0.1) is 11.0 Å². The molecule has 4 N–H and O–H groups in total. The van der Waals surface area contributed by atoms with E-state index in [9.17, 15) is 28.4 Å². The van der Waals surface area contributed by atoms with E-state index in [4.69, 9.17) is 20.4 Å². The van der Waals surface area contributed by atoms with Gasteiger partial charge in [0, 0.05) is 19.2 Å². The second-order valence-electron chi connectivity index (χ2n) is 8.79. The van der Waals surface area contributed by atoms with Crippen LogP contribution in [0, 0.1) is 10.1 Å². The number of nitro groups is 1. The normalized spacial score (nSPS) is 11.8. The van der Waals surface area contributed by atoms with Crippen molar-refractivity contribution in [1.29, 1.82) is 0 Å². The number of hydrogen-bond acceptors (Lipinski definition) is 7. The van der Waals surface area contributed by atoms with Crippen molar-refractivity contribution in [2.75, 3.05) is 19.6 Å². The number of rotatable bonds is 13. The molecule has 216 valence electrons. The van der Waals surface area contributed by atoms with Crippen molar-refractivity contribution >= 4 is 11.7 Å². The number of nitro benzene ring substituents is 1. The minimum atomic E-state index is -5.08. The minimum absolute atomic E-state index is 0.153. The Hall–Kier alpha value is -4.00. The molecule has 12 heteroatoms. The van der Waals surface area contributed by atoms with E-state index in [-0.39, 0.29) is 18.0 Å². The molecule has 0 bridgehead atoms. The molecule has 0 radical (unpaired) electrons. The number of nitrogens with zero attached hydrogens (tertiary/aromatic N) is 2. The highest BCUT2D eigenvalue weighted by molar-refractivity contribution is 5.73. The lowest BCUT2D eigenvalue weighted by molar-refractivity contribution is -0.386. The first-order chi connectivity index (χ1) is 19.0. The van der Waals surface area contributed by atoms with Crippen molar-refractivity contribution in [1.82, 2.24) is 4.90 Å². The van der Waals surface area contributed by atoms with Crippen molar-refractivity contribution in [2.24, 2.45) is 5.73 Å². The molecular formula is C28H32F3N3O6. The zero-order valence-electron chi connectivity index (χ0n) is 21.7. The lowest BCUT2D eigenvalue weighted by Crippen LogP contribution is -2.29. The first-order valence-corrected chi connectivity index (χ1v) is 12.4. The predicted molar refractivity (Wildman–Crippen MR) is 143 cm³/mol. The smallest absolute Gasteiger partial charge is 0.482 e. The Bertz CT molecular complexity index is 1200. The van der Waals surface area contributed by atoms with Crippen LogP contribution in [-0.2, 0) is 17.9 Å². The van der Waals surface area contributed by atoms with Crippen LogP contribution in [0.15, 0.2) is 78.9 Å². The number of aliphatic carboxylic acids is 1. The lowest BCUT2D eigenvalue weighted by Gasteiger charge is -2.25. The predicted octanol–water partition coefficient (Wildman–Crippen LogP) is 5.08. The Morgan fingerprint density at radius 1 is 1.00 bits per heavy atom. The summed E-state index contributed by atoms with van der Waals surface area (Å²) in [5, 5.41) is 29.7. The fourth-order valence-electron chi connectivity index (χ4n) is 3.65. The van der Waals surface area contributed by atoms with Gasteiger partial charge >= 0.3 is 17.8 Å². The molecule has 0 aliphatic rings. The van der Waals surface area contributed by atoms with E-state index in [1.54, 1.807) is 12.1 Å². The van der Waals surface area contributed by atoms with Gasteiger partial charge in [0.1, 0.15) is 6.61 Å². The summed E-state index contributed by atoms with van der Waals surface area (Å²) in [5.74, 6) is -2.57. The second-order valence-corrected chi connectivity index (χ2v) is 8.79. The number of carboxylic acid groups (broad SMARTS) is 1. The van der Waals surface area contributed by atoms with E-state index < -0.39 is 23.2 Å². The molecule has 3 aromatic rings. The van der Waals surface area contributed by atoms with Gasteiger partial charge in [0.2, 0.25) is 0 Å². The molecule has 0 spiro atoms. The summed E-state index contributed by atoms with van der Waals surface area (Å²) in [6.07, 6.45) is -4.13. The average Bonchev–Trinajstić information content (AvgIpc) is 2.92. The maximum atomic E-state index is 11.7. The van der Waals surface area contributed by atoms with E-state index in [0.29, 0.717) is 25.2 Å². The van der Waals surface area contributed by atoms with Gasteiger partial charge in [-0.15, -0.1) is 0 Å². The van der Waals surface area contributed by atoms with Crippen LogP contribution in [0.2, 0.25) is 0 Å². The topological polar surface area (TPSA) is 139 Å². The van der Waals surface area contributed by atoms with Gasteiger partial charge in [-0.1, -0.05) is 66.7 Å². The van der Waals surface area contributed by atoms with Gasteiger partial charge in [-0.2, -0.15) is 13.2 Å². The third-order valence-corrected chi connectivity index (χ3v) is 5.65. The van der Waals surface area contributed by atoms with Crippen LogP contribution < -0.4 is 10.5 Å². The number of ether oxygens (including phenoxy) is 1. The summed E-state index contributed by atoms with van der Waals surface area (Å²) in [4.78, 5) is 22.2. The highest BCUT2D eigenvalue weighted by Crippen LogP contribution is 2.31. The van der Waals surface area contributed by atoms with Gasteiger partial charge in [0.15, 0.2) is 5.75 Å². The molecule has 0 aromatic heterocycles. The zero-order valence-corrected chi connectivity index (χ0v) is 21.7. The van der Waals surface area contributed by atoms with Crippen molar-refractivity contribution in [3.05, 3.63) is 106 Å². The third-order valence-electron chi connectivity index (χ3n) is 5.65. The third kappa shape index (κ3) is 11.4. The van der Waals surface area contributed by atoms with E-state index in [1.807, 2.05) is 60.7 Å². The van der Waals surface area contributed by atoms with Gasteiger partial charge in [-0.3, -0.25) is 15.0 Å². The van der Waals surface area contributed by atoms with Crippen LogP contribution >= 0.6 is 0 Å². The molecule has 9 nitrogen and oxygen atoms in total. The fraction of sp³-hybridized carbons (Fsp3) is 0.321. The van der Waals surface area contributed by atoms with Gasteiger partial charge in [-0.25, -0.2) is 4.79 Å². The number of alkyl halides is 3. The Morgan fingerprint density at radius 2 is 1.57 bits per heavy atom. The highest BCUT2D eigenvalue weighted by atomic mass is 19.4. The van der Waals surface area contributed by atoms with E-state index in [1.165, 1.54) is 6.07 Å². The van der Waals surface area contributed by atoms with Gasteiger partial charge in [-0.05, 0) is 48.7 Å². The Labute approximate surface area is 229 Å². The monoisotopic (exact) mass is 563 g/mol. The fourth-order valence-corrected chi connectivity index (χ4v) is 3.65. The molecule has 0 fully saturated rings. The number of carbonyl (C=O) groups is 1. The number of benzene rings is 3. The number of nitrogens with two attached hydrogens (primary N) is 1. The summed E-state index contributed by atoms with van der Waals surface area (Å²) >= 11 is 0. The summed E-state index contributed by atoms with van der Waals surface area (Å²) in [7, 11) is 0. The van der Waals surface area contributed by atoms with E-state index in [0.717, 1.165) is 30.5 Å². The number of hydrogen-bond donors (Lipinski definition) is 3. The molecule has 0 saturated heterocycles. The zero-order chi connectivity index (χ0) is 29.5. The maximum absolute atomic E-state index is 11.7.